The van der Waals surface area contributed by atoms with Crippen LogP contribution in [0.2, 0.25) is 0 Å². The normalized spacial score (nSPS) is 10.7. The Morgan fingerprint density at radius 2 is 1.85 bits per heavy atom. The van der Waals surface area contributed by atoms with Gasteiger partial charge in [0.15, 0.2) is 0 Å². The summed E-state index contributed by atoms with van der Waals surface area (Å²) in [5.74, 6) is 0.684. The molecular weight excluding hydrogens is 250 g/mol. The highest BCUT2D eigenvalue weighted by Gasteiger charge is 2.07. The maximum Gasteiger partial charge on any atom is 0.322 e. The molecule has 0 aliphatic rings. The highest BCUT2D eigenvalue weighted by Crippen LogP contribution is 2.28. The SMILES string of the molecule is Cc1cc(C)c(Oc2ncc3ccccc3n2)cc1N. The Bertz CT molecular complexity index is 784. The van der Waals surface area contributed by atoms with Gasteiger partial charge < -0.3 is 10.5 Å². The predicted octanol–water partition coefficient (Wildman–Crippen LogP) is 3.62. The van der Waals surface area contributed by atoms with Gasteiger partial charge in [0.1, 0.15) is 5.75 Å². The third-order valence-corrected chi connectivity index (χ3v) is 3.23. The Kier molecular flexibility index (Phi) is 2.99. The Balaban J connectivity index is 1.99. The van der Waals surface area contributed by atoms with Crippen molar-refractivity contribution in [2.75, 3.05) is 5.73 Å². The van der Waals surface area contributed by atoms with Crippen LogP contribution >= 0.6 is 0 Å². The largest absolute Gasteiger partial charge is 0.424 e. The van der Waals surface area contributed by atoms with Crippen LogP contribution in [0.25, 0.3) is 10.9 Å². The van der Waals surface area contributed by atoms with Crippen LogP contribution in [0.5, 0.6) is 11.8 Å². The summed E-state index contributed by atoms with van der Waals surface area (Å²) in [6.07, 6.45) is 1.75. The molecule has 0 unspecified atom stereocenters. The Labute approximate surface area is 117 Å². The van der Waals surface area contributed by atoms with E-state index < -0.39 is 0 Å². The number of anilines is 1. The zero-order valence-electron chi connectivity index (χ0n) is 11.4. The first kappa shape index (κ1) is 12.4. The molecule has 0 fully saturated rings. The second-order valence-electron chi connectivity index (χ2n) is 4.79. The summed E-state index contributed by atoms with van der Waals surface area (Å²) in [7, 11) is 0. The second-order valence-corrected chi connectivity index (χ2v) is 4.79. The lowest BCUT2D eigenvalue weighted by atomic mass is 10.1. The van der Waals surface area contributed by atoms with Gasteiger partial charge in [-0.2, -0.15) is 4.98 Å². The summed E-state index contributed by atoms with van der Waals surface area (Å²) < 4.78 is 5.75. The van der Waals surface area contributed by atoms with Crippen molar-refractivity contribution in [3.8, 4) is 11.8 Å². The predicted molar refractivity (Wildman–Crippen MR) is 79.9 cm³/mol. The zero-order chi connectivity index (χ0) is 14.1. The molecule has 0 radical (unpaired) electrons. The smallest absolute Gasteiger partial charge is 0.322 e. The minimum atomic E-state index is 0.329. The van der Waals surface area contributed by atoms with Gasteiger partial charge >= 0.3 is 6.01 Å². The van der Waals surface area contributed by atoms with Crippen molar-refractivity contribution in [1.29, 1.82) is 0 Å². The van der Waals surface area contributed by atoms with E-state index in [1.807, 2.05) is 50.2 Å². The summed E-state index contributed by atoms with van der Waals surface area (Å²) >= 11 is 0. The van der Waals surface area contributed by atoms with Crippen molar-refractivity contribution < 1.29 is 4.74 Å². The molecule has 0 saturated heterocycles. The number of aromatic nitrogens is 2. The van der Waals surface area contributed by atoms with E-state index in [1.165, 1.54) is 0 Å². The molecule has 0 atom stereocenters. The first-order valence-electron chi connectivity index (χ1n) is 6.40. The van der Waals surface area contributed by atoms with Crippen molar-refractivity contribution in [2.45, 2.75) is 13.8 Å². The van der Waals surface area contributed by atoms with Crippen LogP contribution in [0.15, 0.2) is 42.6 Å². The van der Waals surface area contributed by atoms with Crippen LogP contribution in [0.1, 0.15) is 11.1 Å². The average Bonchev–Trinajstić information content (AvgIpc) is 2.44. The lowest BCUT2D eigenvalue weighted by molar-refractivity contribution is 0.441. The van der Waals surface area contributed by atoms with E-state index >= 15 is 0 Å². The fraction of sp³-hybridized carbons (Fsp3) is 0.125. The molecule has 1 aromatic heterocycles. The number of fused-ring (bicyclic) bond motifs is 1. The fourth-order valence-electron chi connectivity index (χ4n) is 2.06. The Morgan fingerprint density at radius 1 is 1.05 bits per heavy atom. The van der Waals surface area contributed by atoms with Crippen LogP contribution < -0.4 is 10.5 Å². The molecule has 0 aliphatic carbocycles. The minimum absolute atomic E-state index is 0.329. The van der Waals surface area contributed by atoms with Gasteiger partial charge in [0.25, 0.3) is 0 Å². The van der Waals surface area contributed by atoms with Gasteiger partial charge in [-0.15, -0.1) is 0 Å². The van der Waals surface area contributed by atoms with Crippen molar-refractivity contribution in [2.24, 2.45) is 0 Å². The molecule has 4 heteroatoms. The molecule has 0 bridgehead atoms. The molecule has 4 nitrogen and oxygen atoms in total. The topological polar surface area (TPSA) is 61.0 Å². The van der Waals surface area contributed by atoms with Crippen LogP contribution in [0, 0.1) is 13.8 Å². The summed E-state index contributed by atoms with van der Waals surface area (Å²) in [4.78, 5) is 8.61. The number of nitrogens with zero attached hydrogens (tertiary/aromatic N) is 2. The Morgan fingerprint density at radius 3 is 2.70 bits per heavy atom. The minimum Gasteiger partial charge on any atom is -0.424 e. The first-order valence-corrected chi connectivity index (χ1v) is 6.40. The number of benzene rings is 2. The molecule has 0 amide bonds. The van der Waals surface area contributed by atoms with Gasteiger partial charge in [-0.3, -0.25) is 0 Å². The molecule has 20 heavy (non-hydrogen) atoms. The van der Waals surface area contributed by atoms with Crippen molar-refractivity contribution in [3.63, 3.8) is 0 Å². The van der Waals surface area contributed by atoms with E-state index in [0.717, 1.165) is 22.0 Å². The van der Waals surface area contributed by atoms with E-state index in [9.17, 15) is 0 Å². The van der Waals surface area contributed by atoms with E-state index in [-0.39, 0.29) is 0 Å². The molecule has 0 saturated carbocycles. The maximum atomic E-state index is 5.91. The van der Waals surface area contributed by atoms with Gasteiger partial charge in [0, 0.05) is 23.3 Å². The molecule has 0 aliphatic heterocycles. The van der Waals surface area contributed by atoms with Crippen molar-refractivity contribution in [1.82, 2.24) is 9.97 Å². The standard InChI is InChI=1S/C16H15N3O/c1-10-7-11(2)15(8-13(10)17)20-16-18-9-12-5-3-4-6-14(12)19-16/h3-9H,17H2,1-2H3. The van der Waals surface area contributed by atoms with Gasteiger partial charge in [-0.1, -0.05) is 24.3 Å². The molecule has 0 spiro atoms. The molecule has 1 heterocycles. The molecule has 3 aromatic rings. The third kappa shape index (κ3) is 2.28. The van der Waals surface area contributed by atoms with Gasteiger partial charge in [-0.25, -0.2) is 4.98 Å². The number of ether oxygens (including phenoxy) is 1. The van der Waals surface area contributed by atoms with E-state index in [0.29, 0.717) is 17.4 Å². The highest BCUT2D eigenvalue weighted by atomic mass is 16.5. The molecule has 3 rings (SSSR count). The maximum absolute atomic E-state index is 5.91. The van der Waals surface area contributed by atoms with Gasteiger partial charge in [-0.05, 0) is 31.0 Å². The summed E-state index contributed by atoms with van der Waals surface area (Å²) in [6, 6.07) is 11.9. The lowest BCUT2D eigenvalue weighted by Gasteiger charge is -2.10. The molecule has 100 valence electrons. The number of hydrogen-bond acceptors (Lipinski definition) is 4. The van der Waals surface area contributed by atoms with Crippen LogP contribution in [0.3, 0.4) is 0 Å². The lowest BCUT2D eigenvalue weighted by Crippen LogP contribution is -1.97. The third-order valence-electron chi connectivity index (χ3n) is 3.23. The summed E-state index contributed by atoms with van der Waals surface area (Å²) in [5.41, 5.74) is 9.51. The monoisotopic (exact) mass is 265 g/mol. The second kappa shape index (κ2) is 4.81. The molecule has 2 N–H and O–H groups in total. The number of nitrogen functional groups attached to an aromatic ring is 1. The van der Waals surface area contributed by atoms with E-state index in [4.69, 9.17) is 10.5 Å². The number of rotatable bonds is 2. The van der Waals surface area contributed by atoms with Gasteiger partial charge in [0.2, 0.25) is 0 Å². The quantitative estimate of drug-likeness (QED) is 0.719. The highest BCUT2D eigenvalue weighted by molar-refractivity contribution is 5.77. The number of para-hydroxylation sites is 1. The zero-order valence-corrected chi connectivity index (χ0v) is 11.4. The van der Waals surface area contributed by atoms with Crippen molar-refractivity contribution in [3.05, 3.63) is 53.7 Å². The molecular formula is C16H15N3O. The van der Waals surface area contributed by atoms with Gasteiger partial charge in [0.05, 0.1) is 5.52 Å². The van der Waals surface area contributed by atoms with Crippen LogP contribution in [-0.4, -0.2) is 9.97 Å². The fourth-order valence-corrected chi connectivity index (χ4v) is 2.06. The Hall–Kier alpha value is -2.62. The number of hydrogen-bond donors (Lipinski definition) is 1. The van der Waals surface area contributed by atoms with Crippen LogP contribution in [0.4, 0.5) is 5.69 Å². The van der Waals surface area contributed by atoms with Crippen LogP contribution in [-0.2, 0) is 0 Å². The van der Waals surface area contributed by atoms with E-state index in [1.54, 1.807) is 6.20 Å². The average molecular weight is 265 g/mol. The number of aryl methyl sites for hydroxylation is 2. The first-order chi connectivity index (χ1) is 9.63. The number of nitrogens with two attached hydrogens (primary N) is 1. The summed E-state index contributed by atoms with van der Waals surface area (Å²) in [6.45, 7) is 3.95. The van der Waals surface area contributed by atoms with Crippen molar-refractivity contribution >= 4 is 16.6 Å². The summed E-state index contributed by atoms with van der Waals surface area (Å²) in [5, 5.41) is 0.986. The van der Waals surface area contributed by atoms with E-state index in [2.05, 4.69) is 9.97 Å². The molecule has 2 aromatic carbocycles.